The molecule has 3 aromatic carbocycles. The largest absolute Gasteiger partial charge is 0.497 e. The zero-order valence-electron chi connectivity index (χ0n) is 19.0. The van der Waals surface area contributed by atoms with Crippen LogP contribution in [0.1, 0.15) is 5.56 Å². The van der Waals surface area contributed by atoms with E-state index in [1.54, 1.807) is 79.9 Å². The van der Waals surface area contributed by atoms with Gasteiger partial charge >= 0.3 is 0 Å². The first-order valence-corrected chi connectivity index (χ1v) is 11.5. The summed E-state index contributed by atoms with van der Waals surface area (Å²) in [7, 11) is 1.54. The van der Waals surface area contributed by atoms with E-state index in [1.165, 1.54) is 11.0 Å². The van der Waals surface area contributed by atoms with Crippen molar-refractivity contribution in [3.05, 3.63) is 89.0 Å². The summed E-state index contributed by atoms with van der Waals surface area (Å²) in [6, 6.07) is 20.1. The number of benzene rings is 3. The molecule has 0 unspecified atom stereocenters. The van der Waals surface area contributed by atoms with Crippen molar-refractivity contribution in [2.24, 2.45) is 0 Å². The van der Waals surface area contributed by atoms with Gasteiger partial charge in [0.2, 0.25) is 0 Å². The Kier molecular flexibility index (Phi) is 7.62. The van der Waals surface area contributed by atoms with Crippen LogP contribution in [-0.2, 0) is 14.4 Å². The maximum absolute atomic E-state index is 13.1. The van der Waals surface area contributed by atoms with Crippen molar-refractivity contribution in [3.8, 4) is 11.5 Å². The Morgan fingerprint density at radius 3 is 2.28 bits per heavy atom. The molecule has 1 aliphatic heterocycles. The van der Waals surface area contributed by atoms with Gasteiger partial charge in [-0.15, -0.1) is 0 Å². The fourth-order valence-electron chi connectivity index (χ4n) is 3.33. The Bertz CT molecular complexity index is 1340. The Labute approximate surface area is 217 Å². The van der Waals surface area contributed by atoms with Crippen molar-refractivity contribution < 1.29 is 23.9 Å². The molecule has 1 fully saturated rings. The predicted molar refractivity (Wildman–Crippen MR) is 141 cm³/mol. The summed E-state index contributed by atoms with van der Waals surface area (Å²) < 4.78 is 10.7. The number of halogens is 1. The van der Waals surface area contributed by atoms with Gasteiger partial charge in [0, 0.05) is 10.7 Å². The number of anilines is 2. The fraction of sp³-hybridized carbons (Fsp3) is 0.0769. The number of carbonyl (C=O) groups excluding carboxylic acids is 3. The predicted octanol–water partition coefficient (Wildman–Crippen LogP) is 4.20. The molecule has 0 spiro atoms. The maximum atomic E-state index is 13.1. The highest BCUT2D eigenvalue weighted by molar-refractivity contribution is 7.80. The van der Waals surface area contributed by atoms with Gasteiger partial charge < -0.3 is 14.8 Å². The minimum atomic E-state index is -0.589. The Hall–Kier alpha value is -4.21. The van der Waals surface area contributed by atoms with Crippen LogP contribution in [0.4, 0.5) is 11.4 Å². The Balaban J connectivity index is 1.42. The zero-order chi connectivity index (χ0) is 25.7. The Morgan fingerprint density at radius 2 is 1.64 bits per heavy atom. The van der Waals surface area contributed by atoms with Crippen LogP contribution >= 0.6 is 23.8 Å². The van der Waals surface area contributed by atoms with Gasteiger partial charge in [-0.1, -0.05) is 23.7 Å². The number of carbonyl (C=O) groups is 3. The number of thiocarbonyl (C=S) groups is 1. The molecule has 10 heteroatoms. The minimum Gasteiger partial charge on any atom is -0.497 e. The van der Waals surface area contributed by atoms with E-state index in [9.17, 15) is 14.4 Å². The summed E-state index contributed by atoms with van der Waals surface area (Å²) in [5.41, 5.74) is 1.62. The maximum Gasteiger partial charge on any atom is 0.270 e. The number of amides is 3. The highest BCUT2D eigenvalue weighted by Gasteiger charge is 2.34. The third-order valence-corrected chi connectivity index (χ3v) is 5.66. The summed E-state index contributed by atoms with van der Waals surface area (Å²) in [5, 5.41) is 5.82. The molecule has 0 aromatic heterocycles. The number of methoxy groups -OCH3 is 1. The molecule has 2 N–H and O–H groups in total. The van der Waals surface area contributed by atoms with Gasteiger partial charge in [0.05, 0.1) is 12.8 Å². The first kappa shape index (κ1) is 24.9. The van der Waals surface area contributed by atoms with E-state index < -0.39 is 11.8 Å². The number of nitrogens with zero attached hydrogens (tertiary/aromatic N) is 1. The average molecular weight is 522 g/mol. The first-order chi connectivity index (χ1) is 17.3. The normalized spacial score (nSPS) is 14.4. The molecule has 3 aromatic rings. The SMILES string of the molecule is COc1ccc(N2C(=O)/C(=C\c3ccc(OCC(=O)Nc4ccc(Cl)cc4)cc3)C(=O)NC2=S)cc1. The van der Waals surface area contributed by atoms with E-state index in [0.29, 0.717) is 33.5 Å². The van der Waals surface area contributed by atoms with Gasteiger partial charge in [0.25, 0.3) is 17.7 Å². The highest BCUT2D eigenvalue weighted by atomic mass is 35.5. The summed E-state index contributed by atoms with van der Waals surface area (Å²) in [4.78, 5) is 39.0. The zero-order valence-corrected chi connectivity index (χ0v) is 20.6. The van der Waals surface area contributed by atoms with Crippen LogP contribution in [0.25, 0.3) is 6.08 Å². The fourth-order valence-corrected chi connectivity index (χ4v) is 3.74. The van der Waals surface area contributed by atoms with Crippen molar-refractivity contribution in [3.63, 3.8) is 0 Å². The molecule has 1 heterocycles. The lowest BCUT2D eigenvalue weighted by Gasteiger charge is -2.29. The van der Waals surface area contributed by atoms with Crippen molar-refractivity contribution in [1.29, 1.82) is 0 Å². The molecule has 8 nitrogen and oxygen atoms in total. The third-order valence-electron chi connectivity index (χ3n) is 5.12. The second-order valence-corrected chi connectivity index (χ2v) is 8.39. The van der Waals surface area contributed by atoms with E-state index in [4.69, 9.17) is 33.3 Å². The quantitative estimate of drug-likeness (QED) is 0.275. The molecule has 3 amide bonds. The van der Waals surface area contributed by atoms with Crippen LogP contribution in [0.5, 0.6) is 11.5 Å². The lowest BCUT2D eigenvalue weighted by atomic mass is 10.1. The molecule has 0 aliphatic carbocycles. The summed E-state index contributed by atoms with van der Waals surface area (Å²) in [6.45, 7) is -0.196. The van der Waals surface area contributed by atoms with Crippen LogP contribution in [0.2, 0.25) is 5.02 Å². The van der Waals surface area contributed by atoms with Crippen molar-refractivity contribution in [2.75, 3.05) is 23.9 Å². The smallest absolute Gasteiger partial charge is 0.270 e. The number of hydrogen-bond donors (Lipinski definition) is 2. The summed E-state index contributed by atoms with van der Waals surface area (Å²) in [5.74, 6) is -0.396. The summed E-state index contributed by atoms with van der Waals surface area (Å²) >= 11 is 11.1. The molecule has 0 atom stereocenters. The second kappa shape index (κ2) is 11.0. The van der Waals surface area contributed by atoms with E-state index >= 15 is 0 Å². The van der Waals surface area contributed by atoms with Crippen LogP contribution in [0, 0.1) is 0 Å². The molecule has 0 bridgehead atoms. The molecule has 36 heavy (non-hydrogen) atoms. The monoisotopic (exact) mass is 521 g/mol. The van der Waals surface area contributed by atoms with Gasteiger partial charge in [0.1, 0.15) is 17.1 Å². The molecule has 182 valence electrons. The molecular weight excluding hydrogens is 502 g/mol. The Morgan fingerprint density at radius 1 is 1.00 bits per heavy atom. The third kappa shape index (κ3) is 5.88. The second-order valence-electron chi connectivity index (χ2n) is 7.57. The van der Waals surface area contributed by atoms with Gasteiger partial charge in [-0.05, 0) is 84.5 Å². The standard InChI is InChI=1S/C26H20ClN3O5S/c1-34-20-12-8-19(9-13-20)30-25(33)22(24(32)29-26(30)36)14-16-2-10-21(11-3-16)35-15-23(31)28-18-6-4-17(27)5-7-18/h2-14H,15H2,1H3,(H,28,31)(H,29,32,36)/b22-14-. The van der Waals surface area contributed by atoms with Crippen molar-refractivity contribution >= 4 is 64.1 Å². The number of ether oxygens (including phenoxy) is 2. The van der Waals surface area contributed by atoms with Crippen molar-refractivity contribution in [1.82, 2.24) is 5.32 Å². The molecule has 0 saturated carbocycles. The van der Waals surface area contributed by atoms with Crippen molar-refractivity contribution in [2.45, 2.75) is 0 Å². The number of rotatable bonds is 7. The summed E-state index contributed by atoms with van der Waals surface area (Å²) in [6.07, 6.45) is 1.47. The van der Waals surface area contributed by atoms with E-state index in [1.807, 2.05) is 0 Å². The van der Waals surface area contributed by atoms with Gasteiger partial charge in [0.15, 0.2) is 11.7 Å². The molecular formula is C26H20ClN3O5S. The lowest BCUT2D eigenvalue weighted by Crippen LogP contribution is -2.54. The van der Waals surface area contributed by atoms with E-state index in [0.717, 1.165) is 0 Å². The highest BCUT2D eigenvalue weighted by Crippen LogP contribution is 2.25. The van der Waals surface area contributed by atoms with Gasteiger partial charge in [-0.3, -0.25) is 24.6 Å². The minimum absolute atomic E-state index is 0.00654. The van der Waals surface area contributed by atoms with Gasteiger partial charge in [-0.25, -0.2) is 0 Å². The lowest BCUT2D eigenvalue weighted by molar-refractivity contribution is -0.122. The topological polar surface area (TPSA) is 97.0 Å². The molecule has 4 rings (SSSR count). The average Bonchev–Trinajstić information content (AvgIpc) is 2.87. The van der Waals surface area contributed by atoms with Crippen LogP contribution < -0.4 is 25.0 Å². The van der Waals surface area contributed by atoms with Crippen LogP contribution in [0.3, 0.4) is 0 Å². The number of hydrogen-bond acceptors (Lipinski definition) is 6. The first-order valence-electron chi connectivity index (χ1n) is 10.7. The van der Waals surface area contributed by atoms with E-state index in [-0.39, 0.29) is 23.2 Å². The molecule has 1 aliphatic rings. The van der Waals surface area contributed by atoms with E-state index in [2.05, 4.69) is 10.6 Å². The van der Waals surface area contributed by atoms with Gasteiger partial charge in [-0.2, -0.15) is 0 Å². The van der Waals surface area contributed by atoms with Crippen LogP contribution in [0.15, 0.2) is 78.4 Å². The molecule has 1 saturated heterocycles. The van der Waals surface area contributed by atoms with Crippen LogP contribution in [-0.4, -0.2) is 36.6 Å². The number of nitrogens with one attached hydrogen (secondary N) is 2. The molecule has 0 radical (unpaired) electrons.